The molecular formula is C24H28N2O4S. The molecule has 0 fully saturated rings. The maximum absolute atomic E-state index is 11.6. The normalized spacial score (nSPS) is 13.7. The van der Waals surface area contributed by atoms with Crippen molar-refractivity contribution in [3.05, 3.63) is 78.6 Å². The molecule has 3 N–H and O–H groups in total. The number of aliphatic hydroxyl groups excluding tert-OH is 1. The van der Waals surface area contributed by atoms with Crippen molar-refractivity contribution in [1.82, 2.24) is 4.98 Å². The van der Waals surface area contributed by atoms with E-state index in [0.717, 1.165) is 23.1 Å². The summed E-state index contributed by atoms with van der Waals surface area (Å²) in [6.07, 6.45) is 3.86. The molecule has 0 bridgehead atoms. The SMILES string of the molecule is CC(C)[C@H](Oc1ccc(-c2cccc(S(N)(=O)=O)c2)cc1)[C@H](O)CCc1cccnc1. The lowest BCUT2D eigenvalue weighted by Crippen LogP contribution is -2.36. The summed E-state index contributed by atoms with van der Waals surface area (Å²) >= 11 is 0. The summed E-state index contributed by atoms with van der Waals surface area (Å²) in [7, 11) is -3.76. The zero-order valence-electron chi connectivity index (χ0n) is 17.7. The molecule has 2 aromatic carbocycles. The van der Waals surface area contributed by atoms with Gasteiger partial charge in [-0.3, -0.25) is 4.98 Å². The Morgan fingerprint density at radius 3 is 2.39 bits per heavy atom. The van der Waals surface area contributed by atoms with E-state index in [1.54, 1.807) is 18.3 Å². The molecule has 6 nitrogen and oxygen atoms in total. The number of aliphatic hydroxyl groups is 1. The molecule has 0 saturated heterocycles. The van der Waals surface area contributed by atoms with Crippen molar-refractivity contribution < 1.29 is 18.3 Å². The van der Waals surface area contributed by atoms with E-state index in [9.17, 15) is 13.5 Å². The highest BCUT2D eigenvalue weighted by atomic mass is 32.2. The molecule has 164 valence electrons. The van der Waals surface area contributed by atoms with Gasteiger partial charge in [0.2, 0.25) is 10.0 Å². The number of aryl methyl sites for hydroxylation is 1. The Hall–Kier alpha value is -2.74. The van der Waals surface area contributed by atoms with Crippen LogP contribution in [-0.4, -0.2) is 30.7 Å². The van der Waals surface area contributed by atoms with Gasteiger partial charge in [0.15, 0.2) is 0 Å². The largest absolute Gasteiger partial charge is 0.487 e. The van der Waals surface area contributed by atoms with Crippen molar-refractivity contribution in [2.45, 2.75) is 43.8 Å². The van der Waals surface area contributed by atoms with Gasteiger partial charge >= 0.3 is 0 Å². The molecule has 0 spiro atoms. The Bertz CT molecular complexity index is 1080. The standard InChI is InChI=1S/C24H28N2O4S/c1-17(2)24(23(27)13-8-18-5-4-14-26-16-18)30-21-11-9-19(10-12-21)20-6-3-7-22(15-20)31(25,28)29/h3-7,9-12,14-17,23-24,27H,8,13H2,1-2H3,(H2,25,28,29)/t23-,24+/m1/s1. The number of primary sulfonamides is 1. The highest BCUT2D eigenvalue weighted by Crippen LogP contribution is 2.26. The maximum Gasteiger partial charge on any atom is 0.238 e. The fourth-order valence-corrected chi connectivity index (χ4v) is 3.98. The van der Waals surface area contributed by atoms with Gasteiger partial charge in [-0.15, -0.1) is 0 Å². The summed E-state index contributed by atoms with van der Waals surface area (Å²) in [6, 6.07) is 17.7. The molecular weight excluding hydrogens is 412 g/mol. The predicted octanol–water partition coefficient (Wildman–Crippen LogP) is 3.79. The zero-order valence-corrected chi connectivity index (χ0v) is 18.5. The van der Waals surface area contributed by atoms with E-state index < -0.39 is 16.1 Å². The van der Waals surface area contributed by atoms with Gasteiger partial charge in [-0.25, -0.2) is 13.6 Å². The fraction of sp³-hybridized carbons (Fsp3) is 0.292. The topological polar surface area (TPSA) is 103 Å². The molecule has 0 aliphatic heterocycles. The Kier molecular flexibility index (Phi) is 7.43. The quantitative estimate of drug-likeness (QED) is 0.527. The van der Waals surface area contributed by atoms with Gasteiger partial charge in [0.1, 0.15) is 11.9 Å². The summed E-state index contributed by atoms with van der Waals surface area (Å²) in [5, 5.41) is 16.0. The third-order valence-corrected chi connectivity index (χ3v) is 6.02. The number of ether oxygens (including phenoxy) is 1. The summed E-state index contributed by atoms with van der Waals surface area (Å²) in [4.78, 5) is 4.18. The number of pyridine rings is 1. The number of hydrogen-bond donors (Lipinski definition) is 2. The average Bonchev–Trinajstić information content (AvgIpc) is 2.76. The minimum absolute atomic E-state index is 0.0712. The second kappa shape index (κ2) is 10.0. The van der Waals surface area contributed by atoms with E-state index in [-0.39, 0.29) is 16.9 Å². The second-order valence-corrected chi connectivity index (χ2v) is 9.45. The van der Waals surface area contributed by atoms with Crippen LogP contribution in [0.3, 0.4) is 0 Å². The molecule has 0 aliphatic carbocycles. The van der Waals surface area contributed by atoms with E-state index in [1.807, 2.05) is 62.5 Å². The molecule has 0 amide bonds. The highest BCUT2D eigenvalue weighted by molar-refractivity contribution is 7.89. The Labute approximate surface area is 183 Å². The molecule has 0 unspecified atom stereocenters. The first-order valence-corrected chi connectivity index (χ1v) is 11.8. The van der Waals surface area contributed by atoms with E-state index in [1.165, 1.54) is 6.07 Å². The Morgan fingerprint density at radius 1 is 1.03 bits per heavy atom. The predicted molar refractivity (Wildman–Crippen MR) is 121 cm³/mol. The number of nitrogens with two attached hydrogens (primary N) is 1. The number of sulfonamides is 1. The summed E-state index contributed by atoms with van der Waals surface area (Å²) in [5.41, 5.74) is 2.67. The molecule has 2 atom stereocenters. The van der Waals surface area contributed by atoms with E-state index in [0.29, 0.717) is 12.2 Å². The minimum Gasteiger partial charge on any atom is -0.487 e. The summed E-state index contributed by atoms with van der Waals surface area (Å²) < 4.78 is 29.3. The third kappa shape index (κ3) is 6.37. The van der Waals surface area contributed by atoms with Crippen LogP contribution in [0.1, 0.15) is 25.8 Å². The van der Waals surface area contributed by atoms with Crippen LogP contribution in [0.5, 0.6) is 5.75 Å². The van der Waals surface area contributed by atoms with Gasteiger partial charge in [-0.1, -0.05) is 44.2 Å². The van der Waals surface area contributed by atoms with Crippen LogP contribution in [-0.2, 0) is 16.4 Å². The number of aromatic nitrogens is 1. The monoisotopic (exact) mass is 440 g/mol. The number of rotatable bonds is 9. The fourth-order valence-electron chi connectivity index (χ4n) is 3.42. The molecule has 3 aromatic rings. The van der Waals surface area contributed by atoms with Gasteiger partial charge in [0, 0.05) is 12.4 Å². The van der Waals surface area contributed by atoms with Crippen LogP contribution >= 0.6 is 0 Å². The molecule has 0 aliphatic rings. The minimum atomic E-state index is -3.76. The molecule has 1 aromatic heterocycles. The van der Waals surface area contributed by atoms with Crippen LogP contribution in [0.25, 0.3) is 11.1 Å². The van der Waals surface area contributed by atoms with Gasteiger partial charge in [0.25, 0.3) is 0 Å². The first-order valence-electron chi connectivity index (χ1n) is 10.2. The van der Waals surface area contributed by atoms with E-state index in [2.05, 4.69) is 4.98 Å². The lowest BCUT2D eigenvalue weighted by Gasteiger charge is -2.27. The van der Waals surface area contributed by atoms with Crippen LogP contribution in [0.4, 0.5) is 0 Å². The van der Waals surface area contributed by atoms with E-state index in [4.69, 9.17) is 9.88 Å². The number of hydrogen-bond acceptors (Lipinski definition) is 5. The molecule has 3 rings (SSSR count). The van der Waals surface area contributed by atoms with Crippen molar-refractivity contribution in [1.29, 1.82) is 0 Å². The van der Waals surface area contributed by atoms with Crippen LogP contribution < -0.4 is 9.88 Å². The molecule has 1 heterocycles. The highest BCUT2D eigenvalue weighted by Gasteiger charge is 2.24. The number of nitrogens with zero attached hydrogens (tertiary/aromatic N) is 1. The van der Waals surface area contributed by atoms with Gasteiger partial charge in [-0.05, 0) is 65.8 Å². The molecule has 0 saturated carbocycles. The lowest BCUT2D eigenvalue weighted by molar-refractivity contribution is 0.00486. The van der Waals surface area contributed by atoms with Gasteiger partial charge < -0.3 is 9.84 Å². The van der Waals surface area contributed by atoms with Crippen LogP contribution in [0.15, 0.2) is 78.0 Å². The second-order valence-electron chi connectivity index (χ2n) is 7.89. The van der Waals surface area contributed by atoms with Crippen molar-refractivity contribution in [2.75, 3.05) is 0 Å². The first kappa shape index (κ1) is 22.9. The zero-order chi connectivity index (χ0) is 22.4. The average molecular weight is 441 g/mol. The molecule has 31 heavy (non-hydrogen) atoms. The smallest absolute Gasteiger partial charge is 0.238 e. The van der Waals surface area contributed by atoms with Gasteiger partial charge in [0.05, 0.1) is 11.0 Å². The van der Waals surface area contributed by atoms with Gasteiger partial charge in [-0.2, -0.15) is 0 Å². The van der Waals surface area contributed by atoms with Crippen molar-refractivity contribution >= 4 is 10.0 Å². The van der Waals surface area contributed by atoms with E-state index >= 15 is 0 Å². The van der Waals surface area contributed by atoms with Crippen LogP contribution in [0.2, 0.25) is 0 Å². The Morgan fingerprint density at radius 2 is 1.77 bits per heavy atom. The maximum atomic E-state index is 11.6. The Balaban J connectivity index is 1.69. The third-order valence-electron chi connectivity index (χ3n) is 5.11. The molecule has 0 radical (unpaired) electrons. The summed E-state index contributed by atoms with van der Waals surface area (Å²) in [5.74, 6) is 0.764. The van der Waals surface area contributed by atoms with Crippen molar-refractivity contribution in [3.63, 3.8) is 0 Å². The first-order chi connectivity index (χ1) is 14.7. The van der Waals surface area contributed by atoms with Crippen LogP contribution in [0, 0.1) is 5.92 Å². The number of benzene rings is 2. The van der Waals surface area contributed by atoms with Crippen molar-refractivity contribution in [2.24, 2.45) is 11.1 Å². The molecule has 7 heteroatoms. The van der Waals surface area contributed by atoms with Crippen molar-refractivity contribution in [3.8, 4) is 16.9 Å². The lowest BCUT2D eigenvalue weighted by atomic mass is 9.96. The summed E-state index contributed by atoms with van der Waals surface area (Å²) in [6.45, 7) is 4.04.